The van der Waals surface area contributed by atoms with Crippen LogP contribution < -0.4 is 0 Å². The normalized spacial score (nSPS) is 10.1. The van der Waals surface area contributed by atoms with Crippen molar-refractivity contribution >= 4 is 22.4 Å². The van der Waals surface area contributed by atoms with Gasteiger partial charge in [0.25, 0.3) is 6.47 Å². The molecule has 0 atom stereocenters. The Morgan fingerprint density at radius 1 is 1.69 bits per heavy atom. The Kier molecular flexibility index (Phi) is 3.48. The SMILES string of the molecule is Cc1c(Br)c(CCOC=O)nn1C. The van der Waals surface area contributed by atoms with Crippen LogP contribution in [0.2, 0.25) is 0 Å². The van der Waals surface area contributed by atoms with Crippen LogP contribution in [-0.2, 0) is 23.0 Å². The molecule has 0 aliphatic heterocycles. The van der Waals surface area contributed by atoms with Gasteiger partial charge in [0.2, 0.25) is 0 Å². The third-order valence-electron chi connectivity index (χ3n) is 1.85. The highest BCUT2D eigenvalue weighted by Crippen LogP contribution is 2.20. The molecule has 0 N–H and O–H groups in total. The first kappa shape index (κ1) is 10.2. The van der Waals surface area contributed by atoms with Gasteiger partial charge in [0.1, 0.15) is 0 Å². The number of nitrogens with zero attached hydrogens (tertiary/aromatic N) is 2. The number of aryl methyl sites for hydroxylation is 1. The molecule has 0 saturated heterocycles. The Bertz CT molecular complexity index is 309. The van der Waals surface area contributed by atoms with Crippen molar-refractivity contribution in [2.24, 2.45) is 7.05 Å². The van der Waals surface area contributed by atoms with Crippen molar-refractivity contribution in [2.75, 3.05) is 6.61 Å². The molecule has 0 saturated carbocycles. The zero-order valence-electron chi connectivity index (χ0n) is 7.58. The largest absolute Gasteiger partial charge is 0.467 e. The van der Waals surface area contributed by atoms with Crippen molar-refractivity contribution in [3.63, 3.8) is 0 Å². The third kappa shape index (κ3) is 2.30. The summed E-state index contributed by atoms with van der Waals surface area (Å²) in [5.41, 5.74) is 1.99. The summed E-state index contributed by atoms with van der Waals surface area (Å²) < 4.78 is 7.37. The third-order valence-corrected chi connectivity index (χ3v) is 2.88. The van der Waals surface area contributed by atoms with Gasteiger partial charge in [0.05, 0.1) is 16.8 Å². The zero-order valence-corrected chi connectivity index (χ0v) is 9.17. The smallest absolute Gasteiger partial charge is 0.293 e. The molecular formula is C8H11BrN2O2. The first-order chi connectivity index (χ1) is 6.16. The van der Waals surface area contributed by atoms with E-state index < -0.39 is 0 Å². The topological polar surface area (TPSA) is 44.1 Å². The second-order valence-electron chi connectivity index (χ2n) is 2.69. The highest BCUT2D eigenvalue weighted by molar-refractivity contribution is 9.10. The van der Waals surface area contributed by atoms with E-state index in [1.807, 2.05) is 14.0 Å². The first-order valence-electron chi connectivity index (χ1n) is 3.90. The second kappa shape index (κ2) is 4.41. The summed E-state index contributed by atoms with van der Waals surface area (Å²) in [7, 11) is 1.88. The summed E-state index contributed by atoms with van der Waals surface area (Å²) in [5.74, 6) is 0. The van der Waals surface area contributed by atoms with E-state index in [4.69, 9.17) is 0 Å². The molecule has 0 aromatic carbocycles. The molecule has 1 rings (SSSR count). The summed E-state index contributed by atoms with van der Waals surface area (Å²) in [4.78, 5) is 9.89. The van der Waals surface area contributed by atoms with Gasteiger partial charge in [-0.1, -0.05) is 0 Å². The van der Waals surface area contributed by atoms with E-state index in [1.165, 1.54) is 0 Å². The molecular weight excluding hydrogens is 236 g/mol. The number of hydrogen-bond acceptors (Lipinski definition) is 3. The predicted molar refractivity (Wildman–Crippen MR) is 51.4 cm³/mol. The molecule has 0 unspecified atom stereocenters. The molecule has 0 amide bonds. The molecule has 0 aliphatic carbocycles. The van der Waals surface area contributed by atoms with E-state index in [0.29, 0.717) is 19.5 Å². The minimum Gasteiger partial charge on any atom is -0.467 e. The fraction of sp³-hybridized carbons (Fsp3) is 0.500. The fourth-order valence-electron chi connectivity index (χ4n) is 1.01. The molecule has 1 aromatic rings. The molecule has 0 spiro atoms. The minimum atomic E-state index is 0.374. The quantitative estimate of drug-likeness (QED) is 0.593. The van der Waals surface area contributed by atoms with Crippen LogP contribution in [0.1, 0.15) is 11.4 Å². The van der Waals surface area contributed by atoms with Gasteiger partial charge in [-0.05, 0) is 22.9 Å². The van der Waals surface area contributed by atoms with Gasteiger partial charge >= 0.3 is 0 Å². The molecule has 1 aromatic heterocycles. The molecule has 5 heteroatoms. The van der Waals surface area contributed by atoms with Crippen LogP contribution in [0.4, 0.5) is 0 Å². The van der Waals surface area contributed by atoms with Crippen molar-refractivity contribution in [3.05, 3.63) is 15.9 Å². The highest BCUT2D eigenvalue weighted by atomic mass is 79.9. The van der Waals surface area contributed by atoms with Crippen LogP contribution >= 0.6 is 15.9 Å². The van der Waals surface area contributed by atoms with Crippen LogP contribution in [0, 0.1) is 6.92 Å². The van der Waals surface area contributed by atoms with E-state index in [9.17, 15) is 4.79 Å². The summed E-state index contributed by atoms with van der Waals surface area (Å²) in [6.07, 6.45) is 0.640. The van der Waals surface area contributed by atoms with E-state index in [-0.39, 0.29) is 0 Å². The standard InChI is InChI=1S/C8H11BrN2O2/c1-6-8(9)7(10-11(6)2)3-4-13-5-12/h5H,3-4H2,1-2H3. The van der Waals surface area contributed by atoms with E-state index in [2.05, 4.69) is 25.8 Å². The Morgan fingerprint density at radius 3 is 2.85 bits per heavy atom. The maximum Gasteiger partial charge on any atom is 0.293 e. The molecule has 1 heterocycles. The van der Waals surface area contributed by atoms with Crippen LogP contribution in [0.5, 0.6) is 0 Å². The summed E-state index contributed by atoms with van der Waals surface area (Å²) in [6.45, 7) is 2.80. The zero-order chi connectivity index (χ0) is 9.84. The summed E-state index contributed by atoms with van der Waals surface area (Å²) >= 11 is 3.43. The van der Waals surface area contributed by atoms with Gasteiger partial charge < -0.3 is 4.74 Å². The Balaban J connectivity index is 2.66. The van der Waals surface area contributed by atoms with Gasteiger partial charge in [0, 0.05) is 19.2 Å². The number of aromatic nitrogens is 2. The van der Waals surface area contributed by atoms with Crippen molar-refractivity contribution < 1.29 is 9.53 Å². The lowest BCUT2D eigenvalue weighted by atomic mass is 10.3. The summed E-state index contributed by atoms with van der Waals surface area (Å²) in [5, 5.41) is 4.26. The first-order valence-corrected chi connectivity index (χ1v) is 4.69. The lowest BCUT2D eigenvalue weighted by Crippen LogP contribution is -1.99. The average molecular weight is 247 g/mol. The molecule has 0 fully saturated rings. The van der Waals surface area contributed by atoms with E-state index in [0.717, 1.165) is 15.9 Å². The maximum atomic E-state index is 9.89. The van der Waals surface area contributed by atoms with Gasteiger partial charge in [-0.2, -0.15) is 5.10 Å². The fourth-order valence-corrected chi connectivity index (χ4v) is 1.55. The average Bonchev–Trinajstić information content (AvgIpc) is 2.34. The van der Waals surface area contributed by atoms with Gasteiger partial charge in [0.15, 0.2) is 0 Å². The molecule has 0 radical (unpaired) electrons. The van der Waals surface area contributed by atoms with Crippen LogP contribution in [-0.4, -0.2) is 22.9 Å². The number of halogens is 1. The number of carbonyl (C=O) groups excluding carboxylic acids is 1. The van der Waals surface area contributed by atoms with Gasteiger partial charge in [-0.15, -0.1) is 0 Å². The molecule has 0 aliphatic rings. The van der Waals surface area contributed by atoms with E-state index in [1.54, 1.807) is 4.68 Å². The monoisotopic (exact) mass is 246 g/mol. The predicted octanol–water partition coefficient (Wildman–Crippen LogP) is 1.21. The Hall–Kier alpha value is -0.840. The molecule has 13 heavy (non-hydrogen) atoms. The number of rotatable bonds is 4. The Labute approximate surface area is 85.0 Å². The van der Waals surface area contributed by atoms with Crippen LogP contribution in [0.3, 0.4) is 0 Å². The molecule has 0 bridgehead atoms. The second-order valence-corrected chi connectivity index (χ2v) is 3.48. The van der Waals surface area contributed by atoms with Crippen LogP contribution in [0.15, 0.2) is 4.47 Å². The summed E-state index contributed by atoms with van der Waals surface area (Å²) in [6, 6.07) is 0. The molecule has 72 valence electrons. The van der Waals surface area contributed by atoms with E-state index >= 15 is 0 Å². The minimum absolute atomic E-state index is 0.374. The van der Waals surface area contributed by atoms with Gasteiger partial charge in [-0.3, -0.25) is 9.48 Å². The van der Waals surface area contributed by atoms with Crippen molar-refractivity contribution in [2.45, 2.75) is 13.3 Å². The number of carbonyl (C=O) groups is 1. The van der Waals surface area contributed by atoms with Crippen molar-refractivity contribution in [3.8, 4) is 0 Å². The van der Waals surface area contributed by atoms with Crippen molar-refractivity contribution in [1.29, 1.82) is 0 Å². The van der Waals surface area contributed by atoms with Crippen LogP contribution in [0.25, 0.3) is 0 Å². The van der Waals surface area contributed by atoms with Crippen molar-refractivity contribution in [1.82, 2.24) is 9.78 Å². The maximum absolute atomic E-state index is 9.89. The molecule has 4 nitrogen and oxygen atoms in total. The van der Waals surface area contributed by atoms with Gasteiger partial charge in [-0.25, -0.2) is 0 Å². The lowest BCUT2D eigenvalue weighted by Gasteiger charge is -1.95. The highest BCUT2D eigenvalue weighted by Gasteiger charge is 2.09. The lowest BCUT2D eigenvalue weighted by molar-refractivity contribution is -0.128. The number of hydrogen-bond donors (Lipinski definition) is 0. The number of ether oxygens (including phenoxy) is 1. The Morgan fingerprint density at radius 2 is 2.38 bits per heavy atom.